The number of nitrogens with one attached hydrogen (secondary N) is 1. The summed E-state index contributed by atoms with van der Waals surface area (Å²) in [5.74, 6) is -1.47. The Kier molecular flexibility index (Phi) is 5.58. The Balaban J connectivity index is 1.50. The summed E-state index contributed by atoms with van der Waals surface area (Å²) in [6.07, 6.45) is 1.24. The molecular weight excluding hydrogens is 427 g/mol. The lowest BCUT2D eigenvalue weighted by Gasteiger charge is -2.23. The van der Waals surface area contributed by atoms with Crippen molar-refractivity contribution in [2.24, 2.45) is 23.7 Å². The smallest absolute Gasteiger partial charge is 0.279 e. The number of imide groups is 1. The average molecular weight is 451 g/mol. The Morgan fingerprint density at radius 2 is 1.77 bits per heavy atom. The average Bonchev–Trinajstić information content (AvgIpc) is 3.34. The molecular formula is C22H24Cl2N2O4. The number of ether oxygens (including phenoxy) is 1. The standard InChI is InChI=1S/C22H24Cl2N2O4/c1-4-15(30-16-9-11(23)5-8-14(16)24)20(27)25-26-21(28)18-12-6-7-13(17(12)10(2)3)19(18)22(26)29/h5,8-9,12-13,15,18-19H,4,6-7H2,1-3H3,(H,25,27)/t12-,13-,15+,18-,19+/m1/s1. The first kappa shape index (κ1) is 21.2. The Morgan fingerprint density at radius 3 is 2.30 bits per heavy atom. The predicted molar refractivity (Wildman–Crippen MR) is 113 cm³/mol. The molecule has 3 amide bonds. The number of hydrogen-bond donors (Lipinski definition) is 1. The molecule has 2 aliphatic carbocycles. The van der Waals surface area contributed by atoms with E-state index in [1.165, 1.54) is 17.2 Å². The van der Waals surface area contributed by atoms with Crippen LogP contribution in [0, 0.1) is 23.7 Å². The molecule has 6 nitrogen and oxygen atoms in total. The third-order valence-corrected chi connectivity index (χ3v) is 7.02. The second-order valence-electron chi connectivity index (χ2n) is 8.37. The SMILES string of the molecule is CC[C@H](Oc1cc(Cl)ccc1Cl)C(=O)NN1C(=O)[C@@H]2[C@H](C1=O)[C@@H]1CC[C@@H]2C1=C(C)C. The molecule has 5 atom stereocenters. The van der Waals surface area contributed by atoms with E-state index in [0.717, 1.165) is 17.9 Å². The number of hydrogen-bond acceptors (Lipinski definition) is 4. The number of fused-ring (bicyclic) bond motifs is 5. The highest BCUT2D eigenvalue weighted by molar-refractivity contribution is 6.34. The number of hydrazine groups is 1. The molecule has 1 heterocycles. The maximum absolute atomic E-state index is 13.0. The molecule has 1 aromatic carbocycles. The van der Waals surface area contributed by atoms with E-state index in [1.807, 2.05) is 13.8 Å². The van der Waals surface area contributed by atoms with Gasteiger partial charge in [-0.2, -0.15) is 5.01 Å². The van der Waals surface area contributed by atoms with E-state index >= 15 is 0 Å². The number of amides is 3. The first-order valence-electron chi connectivity index (χ1n) is 10.2. The molecule has 0 unspecified atom stereocenters. The highest BCUT2D eigenvalue weighted by Gasteiger charge is 2.63. The molecule has 1 N–H and O–H groups in total. The van der Waals surface area contributed by atoms with Gasteiger partial charge in [0.05, 0.1) is 16.9 Å². The van der Waals surface area contributed by atoms with Crippen LogP contribution in [0.4, 0.5) is 0 Å². The van der Waals surface area contributed by atoms with E-state index < -0.39 is 12.0 Å². The number of nitrogens with zero attached hydrogens (tertiary/aromatic N) is 1. The van der Waals surface area contributed by atoms with Crippen LogP contribution >= 0.6 is 23.2 Å². The van der Waals surface area contributed by atoms with Crippen molar-refractivity contribution in [3.05, 3.63) is 39.4 Å². The summed E-state index contributed by atoms with van der Waals surface area (Å²) in [5, 5.41) is 1.66. The number of allylic oxidation sites excluding steroid dienone is 2. The first-order valence-corrected chi connectivity index (χ1v) is 11.0. The van der Waals surface area contributed by atoms with E-state index in [1.54, 1.807) is 19.1 Å². The van der Waals surface area contributed by atoms with Crippen LogP contribution in [0.2, 0.25) is 10.0 Å². The largest absolute Gasteiger partial charge is 0.479 e. The van der Waals surface area contributed by atoms with Crippen molar-refractivity contribution in [1.82, 2.24) is 10.4 Å². The number of halogens is 2. The first-order chi connectivity index (χ1) is 14.2. The topological polar surface area (TPSA) is 75.7 Å². The summed E-state index contributed by atoms with van der Waals surface area (Å²) < 4.78 is 5.73. The summed E-state index contributed by atoms with van der Waals surface area (Å²) in [6.45, 7) is 5.85. The molecule has 160 valence electrons. The van der Waals surface area contributed by atoms with Crippen molar-refractivity contribution in [3.63, 3.8) is 0 Å². The van der Waals surface area contributed by atoms with Gasteiger partial charge in [-0.25, -0.2) is 0 Å². The van der Waals surface area contributed by atoms with Gasteiger partial charge in [-0.3, -0.25) is 19.8 Å². The second kappa shape index (κ2) is 7.89. The Morgan fingerprint density at radius 1 is 1.17 bits per heavy atom. The Hall–Kier alpha value is -2.05. The summed E-state index contributed by atoms with van der Waals surface area (Å²) in [7, 11) is 0. The van der Waals surface area contributed by atoms with Gasteiger partial charge >= 0.3 is 0 Å². The van der Waals surface area contributed by atoms with Gasteiger partial charge < -0.3 is 4.74 Å². The van der Waals surface area contributed by atoms with Crippen LogP contribution in [-0.2, 0) is 14.4 Å². The van der Waals surface area contributed by atoms with Crippen LogP contribution in [0.1, 0.15) is 40.0 Å². The van der Waals surface area contributed by atoms with Crippen LogP contribution in [0.25, 0.3) is 0 Å². The van der Waals surface area contributed by atoms with Gasteiger partial charge in [0.2, 0.25) is 0 Å². The molecule has 4 rings (SSSR count). The zero-order valence-corrected chi connectivity index (χ0v) is 18.6. The minimum absolute atomic E-state index is 0.104. The molecule has 2 saturated carbocycles. The van der Waals surface area contributed by atoms with Gasteiger partial charge in [-0.1, -0.05) is 41.3 Å². The zero-order valence-electron chi connectivity index (χ0n) is 17.1. The Bertz CT molecular complexity index is 924. The fourth-order valence-electron chi connectivity index (χ4n) is 5.33. The van der Waals surface area contributed by atoms with Gasteiger partial charge in [0.15, 0.2) is 6.10 Å². The van der Waals surface area contributed by atoms with Crippen LogP contribution in [0.3, 0.4) is 0 Å². The minimum atomic E-state index is -0.924. The molecule has 1 aromatic rings. The van der Waals surface area contributed by atoms with Crippen LogP contribution in [-0.4, -0.2) is 28.8 Å². The second-order valence-corrected chi connectivity index (χ2v) is 9.22. The van der Waals surface area contributed by atoms with Gasteiger partial charge in [0, 0.05) is 11.1 Å². The fourth-order valence-corrected chi connectivity index (χ4v) is 5.65. The van der Waals surface area contributed by atoms with Crippen molar-refractivity contribution in [3.8, 4) is 5.75 Å². The van der Waals surface area contributed by atoms with Crippen molar-refractivity contribution in [2.75, 3.05) is 0 Å². The summed E-state index contributed by atoms with van der Waals surface area (Å²) in [5.41, 5.74) is 4.97. The quantitative estimate of drug-likeness (QED) is 0.539. The third-order valence-electron chi connectivity index (χ3n) is 6.48. The lowest BCUT2D eigenvalue weighted by atomic mass is 9.81. The molecule has 2 bridgehead atoms. The molecule has 0 aromatic heterocycles. The van der Waals surface area contributed by atoms with Gasteiger partial charge in [0.1, 0.15) is 5.75 Å². The summed E-state index contributed by atoms with van der Waals surface area (Å²) in [4.78, 5) is 38.9. The maximum Gasteiger partial charge on any atom is 0.279 e. The molecule has 1 saturated heterocycles. The monoisotopic (exact) mass is 450 g/mol. The molecule has 30 heavy (non-hydrogen) atoms. The molecule has 0 spiro atoms. The van der Waals surface area contributed by atoms with Crippen LogP contribution in [0.5, 0.6) is 5.75 Å². The number of carbonyl (C=O) groups is 3. The lowest BCUT2D eigenvalue weighted by Crippen LogP contribution is -2.51. The van der Waals surface area contributed by atoms with Gasteiger partial charge in [-0.15, -0.1) is 0 Å². The van der Waals surface area contributed by atoms with E-state index in [9.17, 15) is 14.4 Å². The summed E-state index contributed by atoms with van der Waals surface area (Å²) >= 11 is 12.1. The fraction of sp³-hybridized carbons (Fsp3) is 0.500. The van der Waals surface area contributed by atoms with Crippen LogP contribution < -0.4 is 10.2 Å². The number of rotatable bonds is 5. The number of benzene rings is 1. The van der Waals surface area contributed by atoms with E-state index in [-0.39, 0.29) is 41.2 Å². The number of carbonyl (C=O) groups excluding carboxylic acids is 3. The third kappa shape index (κ3) is 3.30. The maximum atomic E-state index is 13.0. The van der Waals surface area contributed by atoms with Crippen molar-refractivity contribution in [2.45, 2.75) is 46.1 Å². The Labute approximate surface area is 185 Å². The molecule has 8 heteroatoms. The lowest BCUT2D eigenvalue weighted by molar-refractivity contribution is -0.151. The highest BCUT2D eigenvalue weighted by Crippen LogP contribution is 2.59. The van der Waals surface area contributed by atoms with Crippen molar-refractivity contribution < 1.29 is 19.1 Å². The molecule has 3 fully saturated rings. The summed E-state index contributed by atoms with van der Waals surface area (Å²) in [6, 6.07) is 4.72. The van der Waals surface area contributed by atoms with Gasteiger partial charge in [0.25, 0.3) is 17.7 Å². The van der Waals surface area contributed by atoms with Gasteiger partial charge in [-0.05, 0) is 57.1 Å². The normalized spacial score (nSPS) is 28.0. The van der Waals surface area contributed by atoms with Crippen LogP contribution in [0.15, 0.2) is 29.3 Å². The molecule has 0 radical (unpaired) electrons. The predicted octanol–water partition coefficient (Wildman–Crippen LogP) is 4.16. The molecule has 3 aliphatic rings. The van der Waals surface area contributed by atoms with Crippen molar-refractivity contribution >= 4 is 40.9 Å². The van der Waals surface area contributed by atoms with Crippen molar-refractivity contribution in [1.29, 1.82) is 0 Å². The van der Waals surface area contributed by atoms with E-state index in [0.29, 0.717) is 16.5 Å². The van der Waals surface area contributed by atoms with E-state index in [2.05, 4.69) is 5.43 Å². The minimum Gasteiger partial charge on any atom is -0.479 e. The highest BCUT2D eigenvalue weighted by atomic mass is 35.5. The molecule has 1 aliphatic heterocycles. The zero-order chi connectivity index (χ0) is 21.7. The van der Waals surface area contributed by atoms with E-state index in [4.69, 9.17) is 27.9 Å².